The second-order valence-corrected chi connectivity index (χ2v) is 5.30. The van der Waals surface area contributed by atoms with E-state index in [1.165, 1.54) is 28.6 Å². The molecule has 122 valence electrons. The minimum absolute atomic E-state index is 0.150. The zero-order chi connectivity index (χ0) is 16.7. The van der Waals surface area contributed by atoms with Crippen molar-refractivity contribution in [2.75, 3.05) is 26.0 Å². The van der Waals surface area contributed by atoms with Gasteiger partial charge in [-0.1, -0.05) is 11.8 Å². The summed E-state index contributed by atoms with van der Waals surface area (Å²) >= 11 is 1.18. The van der Waals surface area contributed by atoms with Crippen LogP contribution in [0.25, 0.3) is 5.69 Å². The number of amides is 1. The molecule has 2 N–H and O–H groups in total. The highest BCUT2D eigenvalue weighted by Crippen LogP contribution is 2.18. The maximum absolute atomic E-state index is 11.6. The first kappa shape index (κ1) is 16.9. The Labute approximate surface area is 136 Å². The van der Waals surface area contributed by atoms with Crippen molar-refractivity contribution in [3.63, 3.8) is 0 Å². The molecule has 9 nitrogen and oxygen atoms in total. The van der Waals surface area contributed by atoms with E-state index in [0.717, 1.165) is 0 Å². The Bertz CT molecular complexity index is 673. The predicted octanol–water partition coefficient (Wildman–Crippen LogP) is 0.215. The van der Waals surface area contributed by atoms with Crippen LogP contribution in [0.5, 0.6) is 0 Å². The number of carbonyl (C=O) groups is 2. The van der Waals surface area contributed by atoms with Gasteiger partial charge in [0.05, 0.1) is 23.6 Å². The average molecular weight is 337 g/mol. The Balaban J connectivity index is 1.99. The number of hydrogen-bond donors (Lipinski definition) is 2. The number of aromatic carboxylic acids is 1. The van der Waals surface area contributed by atoms with E-state index < -0.39 is 5.97 Å². The average Bonchev–Trinajstić information content (AvgIpc) is 3.02. The highest BCUT2D eigenvalue weighted by Gasteiger charge is 2.12. The van der Waals surface area contributed by atoms with Crippen molar-refractivity contribution in [1.29, 1.82) is 0 Å². The van der Waals surface area contributed by atoms with Gasteiger partial charge >= 0.3 is 5.97 Å². The number of rotatable bonds is 8. The summed E-state index contributed by atoms with van der Waals surface area (Å²) in [7, 11) is 1.56. The molecule has 23 heavy (non-hydrogen) atoms. The lowest BCUT2D eigenvalue weighted by atomic mass is 10.2. The van der Waals surface area contributed by atoms with Crippen LogP contribution in [0.4, 0.5) is 0 Å². The molecule has 1 aromatic heterocycles. The quantitative estimate of drug-likeness (QED) is 0.518. The van der Waals surface area contributed by atoms with Gasteiger partial charge in [-0.15, -0.1) is 5.10 Å². The third kappa shape index (κ3) is 4.76. The summed E-state index contributed by atoms with van der Waals surface area (Å²) in [6, 6.07) is 6.13. The van der Waals surface area contributed by atoms with Gasteiger partial charge in [-0.05, 0) is 34.7 Å². The van der Waals surface area contributed by atoms with Crippen LogP contribution in [0.3, 0.4) is 0 Å². The van der Waals surface area contributed by atoms with Gasteiger partial charge in [-0.25, -0.2) is 4.79 Å². The normalized spacial score (nSPS) is 10.5. The van der Waals surface area contributed by atoms with Crippen LogP contribution in [0.2, 0.25) is 0 Å². The van der Waals surface area contributed by atoms with Gasteiger partial charge in [0.25, 0.3) is 0 Å². The minimum atomic E-state index is -1.00. The van der Waals surface area contributed by atoms with Gasteiger partial charge in [0.15, 0.2) is 0 Å². The summed E-state index contributed by atoms with van der Waals surface area (Å²) in [5, 5.41) is 23.3. The highest BCUT2D eigenvalue weighted by molar-refractivity contribution is 7.99. The van der Waals surface area contributed by atoms with E-state index in [0.29, 0.717) is 24.0 Å². The van der Waals surface area contributed by atoms with Gasteiger partial charge in [0, 0.05) is 13.7 Å². The molecule has 0 aliphatic heterocycles. The van der Waals surface area contributed by atoms with Gasteiger partial charge in [0.1, 0.15) is 0 Å². The zero-order valence-corrected chi connectivity index (χ0v) is 13.1. The fourth-order valence-electron chi connectivity index (χ4n) is 1.65. The largest absolute Gasteiger partial charge is 0.478 e. The van der Waals surface area contributed by atoms with Crippen LogP contribution in [0.15, 0.2) is 29.4 Å². The van der Waals surface area contributed by atoms with Crippen LogP contribution < -0.4 is 5.32 Å². The summed E-state index contributed by atoms with van der Waals surface area (Å²) in [6.07, 6.45) is 0. The molecule has 1 amide bonds. The molecule has 0 saturated carbocycles. The summed E-state index contributed by atoms with van der Waals surface area (Å²) in [4.78, 5) is 22.5. The van der Waals surface area contributed by atoms with E-state index in [2.05, 4.69) is 20.8 Å². The lowest BCUT2D eigenvalue weighted by molar-refractivity contribution is -0.118. The topological polar surface area (TPSA) is 119 Å². The van der Waals surface area contributed by atoms with Gasteiger partial charge in [0.2, 0.25) is 11.1 Å². The Kier molecular flexibility index (Phi) is 6.06. The van der Waals surface area contributed by atoms with Crippen LogP contribution >= 0.6 is 11.8 Å². The number of nitrogens with zero attached hydrogens (tertiary/aromatic N) is 4. The first-order chi connectivity index (χ1) is 11.1. The summed E-state index contributed by atoms with van der Waals surface area (Å²) in [5.74, 6) is -0.990. The molecule has 2 aromatic rings. The molecule has 1 heterocycles. The number of carboxylic acid groups (broad SMARTS) is 1. The van der Waals surface area contributed by atoms with Crippen molar-refractivity contribution < 1.29 is 19.4 Å². The Hall–Kier alpha value is -2.46. The fourth-order valence-corrected chi connectivity index (χ4v) is 2.37. The smallest absolute Gasteiger partial charge is 0.335 e. The van der Waals surface area contributed by atoms with Gasteiger partial charge in [-0.2, -0.15) is 4.68 Å². The molecule has 0 radical (unpaired) electrons. The molecule has 0 saturated heterocycles. The minimum Gasteiger partial charge on any atom is -0.478 e. The number of benzene rings is 1. The zero-order valence-electron chi connectivity index (χ0n) is 12.3. The number of methoxy groups -OCH3 is 1. The maximum atomic E-state index is 11.6. The SMILES string of the molecule is COCCNC(=O)CSc1nnnn1-c1ccc(C(=O)O)cc1. The molecular weight excluding hydrogens is 322 g/mol. The number of aromatic nitrogens is 4. The van der Waals surface area contributed by atoms with Crippen molar-refractivity contribution >= 4 is 23.6 Å². The first-order valence-corrected chi connectivity index (χ1v) is 7.61. The second kappa shape index (κ2) is 8.25. The fraction of sp³-hybridized carbons (Fsp3) is 0.308. The lowest BCUT2D eigenvalue weighted by Crippen LogP contribution is -2.28. The van der Waals surface area contributed by atoms with Crippen molar-refractivity contribution in [2.45, 2.75) is 5.16 Å². The van der Waals surface area contributed by atoms with Crippen molar-refractivity contribution in [2.24, 2.45) is 0 Å². The molecule has 0 aliphatic rings. The van der Waals surface area contributed by atoms with E-state index in [9.17, 15) is 9.59 Å². The predicted molar refractivity (Wildman–Crippen MR) is 81.7 cm³/mol. The lowest BCUT2D eigenvalue weighted by Gasteiger charge is -2.05. The molecule has 0 bridgehead atoms. The third-order valence-electron chi connectivity index (χ3n) is 2.76. The van der Waals surface area contributed by atoms with Gasteiger partial charge < -0.3 is 15.2 Å². The van der Waals surface area contributed by atoms with Crippen LogP contribution in [0.1, 0.15) is 10.4 Å². The van der Waals surface area contributed by atoms with E-state index in [1.807, 2.05) is 0 Å². The molecule has 0 aliphatic carbocycles. The van der Waals surface area contributed by atoms with Crippen LogP contribution in [-0.2, 0) is 9.53 Å². The maximum Gasteiger partial charge on any atom is 0.335 e. The molecule has 10 heteroatoms. The van der Waals surface area contributed by atoms with E-state index >= 15 is 0 Å². The molecule has 1 aromatic carbocycles. The molecule has 0 unspecified atom stereocenters. The standard InChI is InChI=1S/C13H15N5O4S/c1-22-7-6-14-11(19)8-23-13-15-16-17-18(13)10-4-2-9(3-5-10)12(20)21/h2-5H,6-8H2,1H3,(H,14,19)(H,20,21). The van der Waals surface area contributed by atoms with Crippen LogP contribution in [0, 0.1) is 0 Å². The highest BCUT2D eigenvalue weighted by atomic mass is 32.2. The first-order valence-electron chi connectivity index (χ1n) is 6.62. The third-order valence-corrected chi connectivity index (χ3v) is 3.68. The van der Waals surface area contributed by atoms with Crippen molar-refractivity contribution in [1.82, 2.24) is 25.5 Å². The van der Waals surface area contributed by atoms with Crippen molar-refractivity contribution in [3.05, 3.63) is 29.8 Å². The molecule has 0 fully saturated rings. The number of nitrogens with one attached hydrogen (secondary N) is 1. The number of thioether (sulfide) groups is 1. The molecule has 0 spiro atoms. The van der Waals surface area contributed by atoms with Crippen molar-refractivity contribution in [3.8, 4) is 5.69 Å². The van der Waals surface area contributed by atoms with E-state index in [4.69, 9.17) is 9.84 Å². The number of carboxylic acids is 1. The molecule has 2 rings (SSSR count). The Morgan fingerprint density at radius 3 is 2.74 bits per heavy atom. The Morgan fingerprint density at radius 1 is 1.35 bits per heavy atom. The van der Waals surface area contributed by atoms with E-state index in [1.54, 1.807) is 19.2 Å². The summed E-state index contributed by atoms with van der Waals surface area (Å²) < 4.78 is 6.29. The summed E-state index contributed by atoms with van der Waals surface area (Å²) in [5.41, 5.74) is 0.788. The molecular formula is C13H15N5O4S. The second-order valence-electron chi connectivity index (χ2n) is 4.36. The Morgan fingerprint density at radius 2 is 2.09 bits per heavy atom. The number of tetrazole rings is 1. The number of ether oxygens (including phenoxy) is 1. The summed E-state index contributed by atoms with van der Waals surface area (Å²) in [6.45, 7) is 0.890. The van der Waals surface area contributed by atoms with Crippen LogP contribution in [-0.4, -0.2) is 63.2 Å². The number of carbonyl (C=O) groups excluding carboxylic acids is 1. The monoisotopic (exact) mass is 337 g/mol. The number of hydrogen-bond acceptors (Lipinski definition) is 7. The molecule has 0 atom stereocenters. The van der Waals surface area contributed by atoms with Gasteiger partial charge in [-0.3, -0.25) is 4.79 Å². The van der Waals surface area contributed by atoms with E-state index in [-0.39, 0.29) is 17.2 Å².